The number of hydrogen-bond donors (Lipinski definition) is 2. The van der Waals surface area contributed by atoms with E-state index in [1.54, 1.807) is 18.6 Å². The Kier molecular flexibility index (Phi) is 5.87. The van der Waals surface area contributed by atoms with E-state index < -0.39 is 0 Å². The Morgan fingerprint density at radius 3 is 2.62 bits per heavy atom. The van der Waals surface area contributed by atoms with Crippen LogP contribution in [0.15, 0.2) is 66.1 Å². The number of nitrogens with zero attached hydrogens (tertiary/aromatic N) is 4. The number of rotatable bonds is 6. The number of H-pyrrole nitrogens is 1. The lowest BCUT2D eigenvalue weighted by Crippen LogP contribution is -2.37. The minimum atomic E-state index is -0.185. The highest BCUT2D eigenvalue weighted by Gasteiger charge is 2.12. The van der Waals surface area contributed by atoms with Gasteiger partial charge in [-0.15, -0.1) is 0 Å². The fourth-order valence-corrected chi connectivity index (χ4v) is 3.89. The topological polar surface area (TPSA) is 96.0 Å². The van der Waals surface area contributed by atoms with E-state index in [0.717, 1.165) is 55.9 Å². The lowest BCUT2D eigenvalue weighted by molar-refractivity contribution is 0.0384. The molecule has 0 aliphatic carbocycles. The highest BCUT2D eigenvalue weighted by molar-refractivity contribution is 5.95. The molecule has 1 fully saturated rings. The fourth-order valence-electron chi connectivity index (χ4n) is 3.89. The van der Waals surface area contributed by atoms with Gasteiger partial charge in [0.05, 0.1) is 24.3 Å². The second-order valence-corrected chi connectivity index (χ2v) is 7.78. The maximum absolute atomic E-state index is 12.6. The van der Waals surface area contributed by atoms with Crippen LogP contribution >= 0.6 is 0 Å². The number of benzene rings is 1. The molecule has 1 aliphatic heterocycles. The van der Waals surface area contributed by atoms with Gasteiger partial charge >= 0.3 is 0 Å². The molecule has 8 nitrogen and oxygen atoms in total. The minimum Gasteiger partial charge on any atom is -0.379 e. The van der Waals surface area contributed by atoms with Gasteiger partial charge in [-0.3, -0.25) is 9.69 Å². The number of nitrogens with one attached hydrogen (secondary N) is 2. The Hall–Kier alpha value is -3.62. The summed E-state index contributed by atoms with van der Waals surface area (Å²) in [6.45, 7) is 4.65. The predicted octanol–water partition coefficient (Wildman–Crippen LogP) is 3.00. The van der Waals surface area contributed by atoms with Crippen molar-refractivity contribution >= 4 is 22.3 Å². The molecule has 0 radical (unpaired) electrons. The first-order chi connectivity index (χ1) is 15.8. The van der Waals surface area contributed by atoms with Gasteiger partial charge in [0.2, 0.25) is 0 Å². The fraction of sp³-hybridized carbons (Fsp3) is 0.250. The molecule has 3 aromatic heterocycles. The van der Waals surface area contributed by atoms with Crippen LogP contribution in [-0.2, 0) is 11.2 Å². The molecule has 4 heterocycles. The molecule has 0 atom stereocenters. The first-order valence-electron chi connectivity index (χ1n) is 10.7. The first kappa shape index (κ1) is 20.3. The van der Waals surface area contributed by atoms with E-state index >= 15 is 0 Å². The third-order valence-corrected chi connectivity index (χ3v) is 5.65. The maximum atomic E-state index is 12.6. The van der Waals surface area contributed by atoms with Crippen LogP contribution in [0.1, 0.15) is 5.56 Å². The zero-order valence-electron chi connectivity index (χ0n) is 17.6. The molecule has 8 heteroatoms. The summed E-state index contributed by atoms with van der Waals surface area (Å²) in [4.78, 5) is 30.6. The molecule has 0 saturated carbocycles. The summed E-state index contributed by atoms with van der Waals surface area (Å²) in [6.07, 6.45) is 7.53. The summed E-state index contributed by atoms with van der Waals surface area (Å²) in [5.41, 5.74) is 3.45. The highest BCUT2D eigenvalue weighted by atomic mass is 16.5. The molecule has 0 spiro atoms. The van der Waals surface area contributed by atoms with Crippen molar-refractivity contribution in [2.45, 2.75) is 6.42 Å². The molecule has 1 saturated heterocycles. The molecule has 0 unspecified atom stereocenters. The smallest absolute Gasteiger partial charge is 0.259 e. The number of pyridine rings is 2. The second-order valence-electron chi connectivity index (χ2n) is 7.78. The number of morpholine rings is 1. The van der Waals surface area contributed by atoms with Crippen LogP contribution < -0.4 is 10.9 Å². The van der Waals surface area contributed by atoms with Crippen molar-refractivity contribution in [1.29, 1.82) is 0 Å². The van der Waals surface area contributed by atoms with Gasteiger partial charge in [0.25, 0.3) is 5.56 Å². The van der Waals surface area contributed by atoms with Gasteiger partial charge < -0.3 is 15.0 Å². The van der Waals surface area contributed by atoms with E-state index in [-0.39, 0.29) is 5.56 Å². The van der Waals surface area contributed by atoms with Gasteiger partial charge in [-0.25, -0.2) is 15.0 Å². The Balaban J connectivity index is 1.40. The number of ether oxygens (including phenoxy) is 1. The number of hydrogen-bond acceptors (Lipinski definition) is 7. The second kappa shape index (κ2) is 9.25. The number of aromatic nitrogens is 4. The van der Waals surface area contributed by atoms with Crippen LogP contribution in [-0.4, -0.2) is 57.7 Å². The summed E-state index contributed by atoms with van der Waals surface area (Å²) in [5.74, 6) is 0.504. The van der Waals surface area contributed by atoms with Gasteiger partial charge in [0.15, 0.2) is 0 Å². The SMILES string of the molecule is O=c1[nH]ccc2cc(-c3cncnc3)nc(Nc3ccc(CCN4CCOCC4)cc3)c12. The van der Waals surface area contributed by atoms with Gasteiger partial charge in [-0.1, -0.05) is 12.1 Å². The number of fused-ring (bicyclic) bond motifs is 1. The lowest BCUT2D eigenvalue weighted by atomic mass is 10.1. The molecular formula is C24H24N6O2. The van der Waals surface area contributed by atoms with E-state index in [2.05, 4.69) is 37.3 Å². The van der Waals surface area contributed by atoms with Crippen LogP contribution in [0.4, 0.5) is 11.5 Å². The van der Waals surface area contributed by atoms with Crippen LogP contribution in [0.2, 0.25) is 0 Å². The Labute approximate surface area is 185 Å². The van der Waals surface area contributed by atoms with Crippen molar-refractivity contribution in [3.63, 3.8) is 0 Å². The van der Waals surface area contributed by atoms with Gasteiger partial charge in [-0.2, -0.15) is 0 Å². The molecule has 0 amide bonds. The van der Waals surface area contributed by atoms with E-state index in [9.17, 15) is 4.79 Å². The summed E-state index contributed by atoms with van der Waals surface area (Å²) in [7, 11) is 0. The molecule has 0 bridgehead atoms. The maximum Gasteiger partial charge on any atom is 0.259 e. The molecular weight excluding hydrogens is 404 g/mol. The van der Waals surface area contributed by atoms with Crippen molar-refractivity contribution in [2.75, 3.05) is 38.2 Å². The average molecular weight is 428 g/mol. The van der Waals surface area contributed by atoms with E-state index in [1.165, 1.54) is 11.9 Å². The van der Waals surface area contributed by atoms with Crippen molar-refractivity contribution < 1.29 is 4.74 Å². The van der Waals surface area contributed by atoms with Crippen molar-refractivity contribution in [3.8, 4) is 11.3 Å². The predicted molar refractivity (Wildman–Crippen MR) is 124 cm³/mol. The average Bonchev–Trinajstić information content (AvgIpc) is 2.85. The van der Waals surface area contributed by atoms with Crippen LogP contribution in [0.25, 0.3) is 22.0 Å². The summed E-state index contributed by atoms with van der Waals surface area (Å²) in [6, 6.07) is 12.0. The Morgan fingerprint density at radius 1 is 1.06 bits per heavy atom. The van der Waals surface area contributed by atoms with E-state index in [1.807, 2.05) is 24.3 Å². The monoisotopic (exact) mass is 428 g/mol. The molecule has 32 heavy (non-hydrogen) atoms. The van der Waals surface area contributed by atoms with Crippen molar-refractivity contribution in [1.82, 2.24) is 24.8 Å². The Morgan fingerprint density at radius 2 is 1.84 bits per heavy atom. The normalized spacial score (nSPS) is 14.5. The number of anilines is 2. The molecule has 4 aromatic rings. The first-order valence-corrected chi connectivity index (χ1v) is 10.7. The van der Waals surface area contributed by atoms with Crippen LogP contribution in [0, 0.1) is 0 Å². The van der Waals surface area contributed by atoms with Crippen molar-refractivity contribution in [2.24, 2.45) is 0 Å². The van der Waals surface area contributed by atoms with Gasteiger partial charge in [-0.05, 0) is 41.6 Å². The lowest BCUT2D eigenvalue weighted by Gasteiger charge is -2.26. The quantitative estimate of drug-likeness (QED) is 0.487. The molecule has 1 aromatic carbocycles. The standard InChI is InChI=1S/C24H24N6O2/c31-24-22-18(5-7-27-24)13-21(19-14-25-16-26-15-19)29-23(22)28-20-3-1-17(2-4-20)6-8-30-9-11-32-12-10-30/h1-5,7,13-16H,6,8-12H2,(H,27,31)(H,28,29). The molecule has 2 N–H and O–H groups in total. The summed E-state index contributed by atoms with van der Waals surface area (Å²) in [5, 5.41) is 4.65. The van der Waals surface area contributed by atoms with Gasteiger partial charge in [0, 0.05) is 49.5 Å². The largest absolute Gasteiger partial charge is 0.379 e. The van der Waals surface area contributed by atoms with E-state index in [4.69, 9.17) is 9.72 Å². The molecule has 5 rings (SSSR count). The summed E-state index contributed by atoms with van der Waals surface area (Å²) >= 11 is 0. The van der Waals surface area contributed by atoms with E-state index in [0.29, 0.717) is 16.9 Å². The minimum absolute atomic E-state index is 0.185. The van der Waals surface area contributed by atoms with Crippen molar-refractivity contribution in [3.05, 3.63) is 77.2 Å². The zero-order valence-corrected chi connectivity index (χ0v) is 17.6. The third kappa shape index (κ3) is 4.51. The van der Waals surface area contributed by atoms with Gasteiger partial charge in [0.1, 0.15) is 12.1 Å². The molecule has 1 aliphatic rings. The Bertz CT molecular complexity index is 1250. The zero-order chi connectivity index (χ0) is 21.8. The third-order valence-electron chi connectivity index (χ3n) is 5.65. The molecule has 162 valence electrons. The number of aromatic amines is 1. The van der Waals surface area contributed by atoms with Crippen LogP contribution in [0.5, 0.6) is 0 Å². The van der Waals surface area contributed by atoms with Crippen LogP contribution in [0.3, 0.4) is 0 Å². The highest BCUT2D eigenvalue weighted by Crippen LogP contribution is 2.27. The summed E-state index contributed by atoms with van der Waals surface area (Å²) < 4.78 is 5.41.